The second-order valence-electron chi connectivity index (χ2n) is 2.40. The molecule has 0 aliphatic carbocycles. The number of hydrogen-bond acceptors (Lipinski definition) is 0. The fourth-order valence-electron chi connectivity index (χ4n) is 0.689. The first-order chi connectivity index (χ1) is 5.83. The number of imidazole rings is 1. The summed E-state index contributed by atoms with van der Waals surface area (Å²) < 4.78 is 43.2. The van der Waals surface area contributed by atoms with Crippen molar-refractivity contribution in [2.24, 2.45) is 7.05 Å². The van der Waals surface area contributed by atoms with Crippen molar-refractivity contribution in [1.29, 1.82) is 0 Å². The highest BCUT2D eigenvalue weighted by atomic mass is 19.5. The highest BCUT2D eigenvalue weighted by molar-refractivity contribution is 6.50. The molecule has 0 saturated carbocycles. The van der Waals surface area contributed by atoms with Crippen molar-refractivity contribution < 1.29 is 23.3 Å². The van der Waals surface area contributed by atoms with E-state index in [1.54, 1.807) is 0 Å². The molecule has 0 aliphatic heterocycles. The average Bonchev–Trinajstić information content (AvgIpc) is 2.31. The molecule has 0 radical (unpaired) electrons. The van der Waals surface area contributed by atoms with Crippen molar-refractivity contribution in [1.82, 2.24) is 4.57 Å². The van der Waals surface area contributed by atoms with Crippen LogP contribution in [0.15, 0.2) is 18.7 Å². The van der Waals surface area contributed by atoms with Gasteiger partial charge in [0.2, 0.25) is 6.33 Å². The van der Waals surface area contributed by atoms with E-state index >= 15 is 0 Å². The zero-order valence-electron chi connectivity index (χ0n) is 8.42. The van der Waals surface area contributed by atoms with Gasteiger partial charge < -0.3 is 17.3 Å². The van der Waals surface area contributed by atoms with E-state index in [0.717, 1.165) is 6.54 Å². The summed E-state index contributed by atoms with van der Waals surface area (Å²) >= 11 is 0. The highest BCUT2D eigenvalue weighted by Gasteiger charge is 2.20. The first-order valence-corrected chi connectivity index (χ1v) is 3.71. The lowest BCUT2D eigenvalue weighted by Crippen LogP contribution is -2.28. The molecule has 0 spiro atoms. The topological polar surface area (TPSA) is 8.81 Å². The van der Waals surface area contributed by atoms with Gasteiger partial charge in [-0.15, -0.1) is 0 Å². The molecule has 0 aliphatic rings. The van der Waals surface area contributed by atoms with Crippen LogP contribution in [0.4, 0.5) is 17.3 Å². The van der Waals surface area contributed by atoms with Crippen LogP contribution in [0.2, 0.25) is 0 Å². The Hall–Kier alpha value is -1.01. The van der Waals surface area contributed by atoms with Gasteiger partial charge in [0.1, 0.15) is 12.4 Å². The molecule has 0 fully saturated rings. The van der Waals surface area contributed by atoms with Crippen LogP contribution in [0.5, 0.6) is 0 Å². The van der Waals surface area contributed by atoms with E-state index < -0.39 is 7.25 Å². The molecule has 0 atom stereocenters. The van der Waals surface area contributed by atoms with Gasteiger partial charge >= 0.3 is 8.68 Å². The van der Waals surface area contributed by atoms with Crippen LogP contribution in [-0.4, -0.2) is 11.8 Å². The maximum atomic E-state index is 9.75. The first kappa shape index (κ1) is 12.0. The predicted octanol–water partition coefficient (Wildman–Crippen LogP) is 1.74. The van der Waals surface area contributed by atoms with Crippen molar-refractivity contribution >= 4 is 7.25 Å². The van der Waals surface area contributed by atoms with E-state index in [4.69, 9.17) is 0 Å². The summed E-state index contributed by atoms with van der Waals surface area (Å²) in [5.74, 6) is 0. The van der Waals surface area contributed by atoms with E-state index in [2.05, 4.69) is 24.0 Å². The number of halogens is 4. The molecular formula is C6H12BF4N2+. The third-order valence-electron chi connectivity index (χ3n) is 1.19. The molecule has 0 bridgehead atoms. The molecule has 0 saturated heterocycles. The Balaban J connectivity index is 0. The van der Waals surface area contributed by atoms with Crippen molar-refractivity contribution in [3.63, 3.8) is 0 Å². The molecule has 1 rings (SSSR count). The van der Waals surface area contributed by atoms with Crippen LogP contribution in [-0.2, 0) is 13.6 Å². The second-order valence-corrected chi connectivity index (χ2v) is 2.40. The Morgan fingerprint density at radius 2 is 1.85 bits per heavy atom. The Labute approximate surface area is 75.4 Å². The smallest absolute Gasteiger partial charge is 0.418 e. The summed E-state index contributed by atoms with van der Waals surface area (Å²) in [5, 5.41) is 0. The third-order valence-corrected chi connectivity index (χ3v) is 1.19. The molecule has 0 amide bonds. The maximum absolute atomic E-state index is 9.75. The maximum Gasteiger partial charge on any atom is 1.00 e. The van der Waals surface area contributed by atoms with Gasteiger partial charge in [0.25, 0.3) is 0 Å². The quantitative estimate of drug-likeness (QED) is 0.370. The minimum Gasteiger partial charge on any atom is -0.418 e. The van der Waals surface area contributed by atoms with Gasteiger partial charge in [-0.3, -0.25) is 0 Å². The van der Waals surface area contributed by atoms with Crippen LogP contribution in [0.1, 0.15) is 8.35 Å². The van der Waals surface area contributed by atoms with E-state index in [1.807, 2.05) is 17.8 Å². The summed E-state index contributed by atoms with van der Waals surface area (Å²) in [4.78, 5) is 0. The lowest BCUT2D eigenvalue weighted by molar-refractivity contribution is -0.693. The van der Waals surface area contributed by atoms with Crippen LogP contribution < -0.4 is 4.57 Å². The van der Waals surface area contributed by atoms with E-state index in [1.165, 1.54) is 0 Å². The zero-order valence-corrected chi connectivity index (χ0v) is 7.42. The van der Waals surface area contributed by atoms with E-state index in [0.29, 0.717) is 0 Å². The summed E-state index contributed by atoms with van der Waals surface area (Å²) in [6, 6.07) is 0. The summed E-state index contributed by atoms with van der Waals surface area (Å²) in [7, 11) is -3.98. The zero-order chi connectivity index (χ0) is 10.5. The fraction of sp³-hybridized carbons (Fsp3) is 0.500. The number of hydrogen-bond donors (Lipinski definition) is 0. The SMILES string of the molecule is CC[n+]1ccn(C)c1.F[B-](F)(F)F.[H+]. The average molecular weight is 199 g/mol. The van der Waals surface area contributed by atoms with Crippen LogP contribution in [0.25, 0.3) is 0 Å². The van der Waals surface area contributed by atoms with Crippen molar-refractivity contribution in [3.8, 4) is 0 Å². The van der Waals surface area contributed by atoms with Crippen LogP contribution >= 0.6 is 0 Å². The minimum atomic E-state index is -6.00. The summed E-state index contributed by atoms with van der Waals surface area (Å²) in [6.07, 6.45) is 6.14. The molecule has 1 aromatic rings. The van der Waals surface area contributed by atoms with Gasteiger partial charge in [-0.2, -0.15) is 0 Å². The van der Waals surface area contributed by atoms with Gasteiger partial charge in [-0.05, 0) is 6.92 Å². The molecular weight excluding hydrogens is 187 g/mol. The number of aryl methyl sites for hydroxylation is 2. The van der Waals surface area contributed by atoms with Crippen molar-refractivity contribution in [2.45, 2.75) is 13.5 Å². The van der Waals surface area contributed by atoms with E-state index in [9.17, 15) is 17.3 Å². The monoisotopic (exact) mass is 199 g/mol. The van der Waals surface area contributed by atoms with Crippen LogP contribution in [0, 0.1) is 0 Å². The number of aromatic nitrogens is 2. The van der Waals surface area contributed by atoms with Gasteiger partial charge in [0.15, 0.2) is 0 Å². The number of nitrogens with zero attached hydrogens (tertiary/aromatic N) is 2. The molecule has 0 N–H and O–H groups in total. The Bertz CT molecular complexity index is 244. The van der Waals surface area contributed by atoms with Gasteiger partial charge in [0, 0.05) is 0 Å². The third kappa shape index (κ3) is 8.90. The lowest BCUT2D eigenvalue weighted by atomic mass is 10.3. The minimum absolute atomic E-state index is 0. The largest absolute Gasteiger partial charge is 1.00 e. The molecule has 1 aromatic heterocycles. The predicted molar refractivity (Wildman–Crippen MR) is 42.6 cm³/mol. The number of rotatable bonds is 1. The molecule has 7 heteroatoms. The molecule has 2 nitrogen and oxygen atoms in total. The summed E-state index contributed by atoms with van der Waals surface area (Å²) in [6.45, 7) is 3.18. The fourth-order valence-corrected chi connectivity index (χ4v) is 0.689. The lowest BCUT2D eigenvalue weighted by Gasteiger charge is -1.94. The molecule has 0 aromatic carbocycles. The standard InChI is InChI=1S/C6H11N2.BF4/c1-3-8-5-4-7(2)6-8;2-1(3,4)5/h4-6H,3H2,1-2H3;/q+1;-1/p+1. The summed E-state index contributed by atoms with van der Waals surface area (Å²) in [5.41, 5.74) is 0. The van der Waals surface area contributed by atoms with Crippen molar-refractivity contribution in [3.05, 3.63) is 18.7 Å². The Morgan fingerprint density at radius 3 is 2.00 bits per heavy atom. The van der Waals surface area contributed by atoms with Gasteiger partial charge in [-0.1, -0.05) is 0 Å². The van der Waals surface area contributed by atoms with Crippen molar-refractivity contribution in [2.75, 3.05) is 0 Å². The molecule has 1 heterocycles. The van der Waals surface area contributed by atoms with E-state index in [-0.39, 0.29) is 1.43 Å². The van der Waals surface area contributed by atoms with Gasteiger partial charge in [-0.25, -0.2) is 9.13 Å². The second kappa shape index (κ2) is 4.88. The Kier molecular flexibility index (Phi) is 4.51. The molecule has 0 unspecified atom stereocenters. The molecule has 76 valence electrons. The normalized spacial score (nSPS) is 10.6. The Morgan fingerprint density at radius 1 is 1.38 bits per heavy atom. The molecule has 13 heavy (non-hydrogen) atoms. The highest BCUT2D eigenvalue weighted by Crippen LogP contribution is 2.06. The van der Waals surface area contributed by atoms with Crippen LogP contribution in [0.3, 0.4) is 0 Å². The first-order valence-electron chi connectivity index (χ1n) is 3.71. The van der Waals surface area contributed by atoms with Gasteiger partial charge in [0.05, 0.1) is 13.6 Å².